The van der Waals surface area contributed by atoms with Crippen molar-refractivity contribution in [1.29, 1.82) is 5.26 Å². The molecular formula is C22H24ClN5O2. The lowest BCUT2D eigenvalue weighted by Gasteiger charge is -2.31. The first kappa shape index (κ1) is 21.8. The second kappa shape index (κ2) is 10.2. The molecule has 1 aliphatic heterocycles. The summed E-state index contributed by atoms with van der Waals surface area (Å²) in [5.41, 5.74) is 2.00. The number of rotatable bonds is 6. The summed E-state index contributed by atoms with van der Waals surface area (Å²) >= 11 is 5.99. The van der Waals surface area contributed by atoms with Crippen LogP contribution in [0.1, 0.15) is 30.4 Å². The van der Waals surface area contributed by atoms with E-state index in [9.17, 15) is 9.59 Å². The Morgan fingerprint density at radius 2 is 2.00 bits per heavy atom. The van der Waals surface area contributed by atoms with E-state index in [2.05, 4.69) is 20.5 Å². The number of hydrogen-bond acceptors (Lipinski definition) is 5. The van der Waals surface area contributed by atoms with E-state index in [1.54, 1.807) is 24.4 Å². The van der Waals surface area contributed by atoms with Gasteiger partial charge in [0.05, 0.1) is 10.6 Å². The van der Waals surface area contributed by atoms with Gasteiger partial charge in [-0.1, -0.05) is 11.6 Å². The fraction of sp³-hybridized carbons (Fsp3) is 0.364. The molecule has 0 aliphatic carbocycles. The number of halogens is 1. The smallest absolute Gasteiger partial charge is 0.228 e. The van der Waals surface area contributed by atoms with Gasteiger partial charge in [-0.3, -0.25) is 9.59 Å². The molecule has 1 aromatic carbocycles. The Bertz CT molecular complexity index is 964. The normalized spacial score (nSPS) is 14.7. The minimum Gasteiger partial charge on any atom is -0.326 e. The van der Waals surface area contributed by atoms with Crippen LogP contribution >= 0.6 is 11.6 Å². The Morgan fingerprint density at radius 1 is 1.23 bits per heavy atom. The Hall–Kier alpha value is -2.95. The van der Waals surface area contributed by atoms with E-state index in [0.717, 1.165) is 31.5 Å². The summed E-state index contributed by atoms with van der Waals surface area (Å²) in [4.78, 5) is 31.0. The fourth-order valence-electron chi connectivity index (χ4n) is 3.42. The Kier molecular flexibility index (Phi) is 7.39. The average molecular weight is 426 g/mol. The Balaban J connectivity index is 1.40. The van der Waals surface area contributed by atoms with Gasteiger partial charge in [0.2, 0.25) is 11.8 Å². The summed E-state index contributed by atoms with van der Waals surface area (Å²) in [6.07, 6.45) is 3.54. The van der Waals surface area contributed by atoms with Crippen LogP contribution in [0.25, 0.3) is 0 Å². The summed E-state index contributed by atoms with van der Waals surface area (Å²) < 4.78 is 0. The van der Waals surface area contributed by atoms with Gasteiger partial charge in [-0.25, -0.2) is 4.98 Å². The molecule has 0 radical (unpaired) electrons. The molecule has 2 heterocycles. The first-order valence-corrected chi connectivity index (χ1v) is 10.3. The number of hydrogen-bond donors (Lipinski definition) is 2. The van der Waals surface area contributed by atoms with Crippen LogP contribution in [0.5, 0.6) is 0 Å². The van der Waals surface area contributed by atoms with Crippen molar-refractivity contribution in [2.75, 3.05) is 30.3 Å². The van der Waals surface area contributed by atoms with Gasteiger partial charge in [0.25, 0.3) is 0 Å². The van der Waals surface area contributed by atoms with E-state index >= 15 is 0 Å². The summed E-state index contributed by atoms with van der Waals surface area (Å²) in [5, 5.41) is 14.9. The average Bonchev–Trinajstić information content (AvgIpc) is 2.73. The van der Waals surface area contributed by atoms with Gasteiger partial charge >= 0.3 is 0 Å². The monoisotopic (exact) mass is 425 g/mol. The van der Waals surface area contributed by atoms with E-state index < -0.39 is 0 Å². The first-order valence-electron chi connectivity index (χ1n) is 9.90. The van der Waals surface area contributed by atoms with Crippen molar-refractivity contribution in [3.05, 3.63) is 52.7 Å². The number of nitriles is 1. The van der Waals surface area contributed by atoms with Gasteiger partial charge < -0.3 is 15.5 Å². The molecule has 0 atom stereocenters. The molecule has 1 aliphatic rings. The molecule has 2 aromatic rings. The third-order valence-electron chi connectivity index (χ3n) is 5.15. The number of carbonyl (C=O) groups excluding carboxylic acids is 2. The van der Waals surface area contributed by atoms with E-state index in [1.807, 2.05) is 25.1 Å². The summed E-state index contributed by atoms with van der Waals surface area (Å²) in [5.74, 6) is 0.435. The molecule has 2 amide bonds. The van der Waals surface area contributed by atoms with Crippen molar-refractivity contribution in [3.63, 3.8) is 0 Å². The molecule has 1 aromatic heterocycles. The highest BCUT2D eigenvalue weighted by Gasteiger charge is 2.25. The molecular weight excluding hydrogens is 402 g/mol. The van der Waals surface area contributed by atoms with Crippen LogP contribution in [0.15, 0.2) is 36.5 Å². The zero-order chi connectivity index (χ0) is 21.5. The number of nitrogens with zero attached hydrogens (tertiary/aromatic N) is 3. The number of pyridine rings is 1. The van der Waals surface area contributed by atoms with Crippen LogP contribution in [-0.2, 0) is 9.59 Å². The standard InChI is InChI=1S/C22H24ClN5O2/c1-15-4-8-25-20(12-15)27-22(30)16-5-9-28(10-6-16)11-7-21(29)26-18-3-2-17(14-24)19(23)13-18/h2-4,8,12-13,16H,5-7,9-11H2,1H3,(H,26,29)(H,25,27,30). The molecule has 0 bridgehead atoms. The van der Waals surface area contributed by atoms with Crippen LogP contribution in [-0.4, -0.2) is 41.3 Å². The maximum absolute atomic E-state index is 12.5. The highest BCUT2D eigenvalue weighted by molar-refractivity contribution is 6.32. The SMILES string of the molecule is Cc1ccnc(NC(=O)C2CCN(CCC(=O)Nc3ccc(C#N)c(Cl)c3)CC2)c1. The van der Waals surface area contributed by atoms with E-state index in [-0.39, 0.29) is 17.7 Å². The van der Waals surface area contributed by atoms with Crippen molar-refractivity contribution in [2.24, 2.45) is 5.92 Å². The number of aryl methyl sites for hydroxylation is 1. The topological polar surface area (TPSA) is 98.1 Å². The molecule has 30 heavy (non-hydrogen) atoms. The van der Waals surface area contributed by atoms with Crippen LogP contribution in [0, 0.1) is 24.2 Å². The zero-order valence-corrected chi connectivity index (χ0v) is 17.6. The number of likely N-dealkylation sites (tertiary alicyclic amines) is 1. The van der Waals surface area contributed by atoms with Crippen LogP contribution in [0.4, 0.5) is 11.5 Å². The predicted octanol–water partition coefficient (Wildman–Crippen LogP) is 3.59. The molecule has 0 saturated carbocycles. The second-order valence-corrected chi connectivity index (χ2v) is 7.84. The van der Waals surface area contributed by atoms with Crippen molar-refractivity contribution < 1.29 is 9.59 Å². The van der Waals surface area contributed by atoms with E-state index in [0.29, 0.717) is 35.1 Å². The molecule has 7 nitrogen and oxygen atoms in total. The highest BCUT2D eigenvalue weighted by atomic mass is 35.5. The maximum Gasteiger partial charge on any atom is 0.228 e. The summed E-state index contributed by atoms with van der Waals surface area (Å²) in [7, 11) is 0. The van der Waals surface area contributed by atoms with E-state index in [1.165, 1.54) is 0 Å². The number of benzene rings is 1. The van der Waals surface area contributed by atoms with Gasteiger partial charge in [-0.2, -0.15) is 5.26 Å². The molecule has 8 heteroatoms. The first-order chi connectivity index (χ1) is 14.4. The zero-order valence-electron chi connectivity index (χ0n) is 16.8. The van der Waals surface area contributed by atoms with Gasteiger partial charge in [-0.05, 0) is 68.8 Å². The number of nitrogens with one attached hydrogen (secondary N) is 2. The van der Waals surface area contributed by atoms with Crippen LogP contribution in [0.2, 0.25) is 5.02 Å². The van der Waals surface area contributed by atoms with Gasteiger partial charge in [0.1, 0.15) is 11.9 Å². The lowest BCUT2D eigenvalue weighted by molar-refractivity contribution is -0.121. The largest absolute Gasteiger partial charge is 0.326 e. The lowest BCUT2D eigenvalue weighted by atomic mass is 9.96. The molecule has 1 fully saturated rings. The third kappa shape index (κ3) is 6.02. The molecule has 1 saturated heterocycles. The van der Waals surface area contributed by atoms with Gasteiger partial charge in [-0.15, -0.1) is 0 Å². The number of carbonyl (C=O) groups is 2. The lowest BCUT2D eigenvalue weighted by Crippen LogP contribution is -2.39. The van der Waals surface area contributed by atoms with Gasteiger partial charge in [0, 0.05) is 30.8 Å². The molecule has 3 rings (SSSR count). The molecule has 0 spiro atoms. The van der Waals surface area contributed by atoms with Crippen LogP contribution < -0.4 is 10.6 Å². The Morgan fingerprint density at radius 3 is 2.67 bits per heavy atom. The number of amides is 2. The van der Waals surface area contributed by atoms with Crippen LogP contribution in [0.3, 0.4) is 0 Å². The third-order valence-corrected chi connectivity index (χ3v) is 5.47. The number of aromatic nitrogens is 1. The highest BCUT2D eigenvalue weighted by Crippen LogP contribution is 2.21. The second-order valence-electron chi connectivity index (χ2n) is 7.43. The molecule has 2 N–H and O–H groups in total. The molecule has 156 valence electrons. The van der Waals surface area contributed by atoms with Crippen molar-refractivity contribution in [3.8, 4) is 6.07 Å². The van der Waals surface area contributed by atoms with Gasteiger partial charge in [0.15, 0.2) is 0 Å². The molecule has 0 unspecified atom stereocenters. The van der Waals surface area contributed by atoms with E-state index in [4.69, 9.17) is 16.9 Å². The summed E-state index contributed by atoms with van der Waals surface area (Å²) in [6, 6.07) is 10.6. The van der Waals surface area contributed by atoms with Crippen molar-refractivity contribution in [1.82, 2.24) is 9.88 Å². The minimum absolute atomic E-state index is 0.00295. The maximum atomic E-state index is 12.5. The number of anilines is 2. The minimum atomic E-state index is -0.110. The fourth-order valence-corrected chi connectivity index (χ4v) is 3.64. The van der Waals surface area contributed by atoms with Crippen molar-refractivity contribution >= 4 is 34.9 Å². The quantitative estimate of drug-likeness (QED) is 0.736. The number of piperidine rings is 1. The summed E-state index contributed by atoms with van der Waals surface area (Å²) in [6.45, 7) is 4.14. The predicted molar refractivity (Wildman–Crippen MR) is 116 cm³/mol. The van der Waals surface area contributed by atoms with Crippen molar-refractivity contribution in [2.45, 2.75) is 26.2 Å². The Labute approximate surface area is 181 Å².